The summed E-state index contributed by atoms with van der Waals surface area (Å²) in [5.41, 5.74) is 5.19. The Hall–Kier alpha value is -4.02. The van der Waals surface area contributed by atoms with Gasteiger partial charge in [-0.25, -0.2) is 19.4 Å². The van der Waals surface area contributed by atoms with Crippen LogP contribution in [0.15, 0.2) is 42.7 Å². The smallest absolute Gasteiger partial charge is 0.433 e. The topological polar surface area (TPSA) is 113 Å². The van der Waals surface area contributed by atoms with E-state index < -0.39 is 29.3 Å². The van der Waals surface area contributed by atoms with Crippen molar-refractivity contribution in [2.24, 2.45) is 5.73 Å². The molecule has 1 aromatic carbocycles. The summed E-state index contributed by atoms with van der Waals surface area (Å²) >= 11 is 0. The summed E-state index contributed by atoms with van der Waals surface area (Å²) in [4.78, 5) is 32.2. The largest absolute Gasteiger partial charge is 0.456 e. The number of aromatic nitrogens is 4. The Morgan fingerprint density at radius 3 is 2.28 bits per heavy atom. The molecular formula is C25H24F3N5O3. The molecule has 11 heteroatoms. The molecule has 1 amide bonds. The van der Waals surface area contributed by atoms with E-state index in [1.807, 2.05) is 0 Å². The molecule has 1 fully saturated rings. The van der Waals surface area contributed by atoms with Crippen LogP contribution in [0.25, 0.3) is 23.2 Å². The van der Waals surface area contributed by atoms with E-state index in [0.29, 0.717) is 16.8 Å². The molecule has 0 saturated heterocycles. The lowest BCUT2D eigenvalue weighted by Crippen LogP contribution is -2.23. The highest BCUT2D eigenvalue weighted by Gasteiger charge is 2.35. The Balaban J connectivity index is 1.63. The first-order valence-corrected chi connectivity index (χ1v) is 11.2. The molecule has 2 aromatic heterocycles. The number of hydrogen-bond acceptors (Lipinski definition) is 6. The van der Waals surface area contributed by atoms with Crippen LogP contribution in [0.3, 0.4) is 0 Å². The van der Waals surface area contributed by atoms with Gasteiger partial charge in [0.2, 0.25) is 0 Å². The van der Waals surface area contributed by atoms with Crippen LogP contribution in [0.1, 0.15) is 66.8 Å². The Labute approximate surface area is 205 Å². The number of nitrogens with zero attached hydrogens (tertiary/aromatic N) is 4. The van der Waals surface area contributed by atoms with Crippen LogP contribution in [0.2, 0.25) is 0 Å². The van der Waals surface area contributed by atoms with Gasteiger partial charge in [-0.15, -0.1) is 5.10 Å². The number of rotatable bonds is 6. The zero-order valence-electron chi connectivity index (χ0n) is 19.8. The number of alkyl halides is 3. The number of amides is 1. The maximum Gasteiger partial charge on any atom is 0.433 e. The van der Waals surface area contributed by atoms with Crippen LogP contribution in [0, 0.1) is 0 Å². The summed E-state index contributed by atoms with van der Waals surface area (Å²) in [7, 11) is 0. The highest BCUT2D eigenvalue weighted by atomic mass is 19.4. The van der Waals surface area contributed by atoms with Crippen molar-refractivity contribution >= 4 is 23.6 Å². The van der Waals surface area contributed by atoms with Crippen molar-refractivity contribution in [2.45, 2.75) is 51.3 Å². The fraction of sp³-hybridized carbons (Fsp3) is 0.320. The Morgan fingerprint density at radius 1 is 1.08 bits per heavy atom. The lowest BCUT2D eigenvalue weighted by molar-refractivity contribution is -0.141. The molecule has 0 bridgehead atoms. The number of carbonyl (C=O) groups excluding carboxylic acids is 2. The third kappa shape index (κ3) is 5.96. The molecule has 188 valence electrons. The first-order chi connectivity index (χ1) is 16.8. The molecule has 1 saturated carbocycles. The van der Waals surface area contributed by atoms with Crippen molar-refractivity contribution in [3.63, 3.8) is 0 Å². The van der Waals surface area contributed by atoms with E-state index in [0.717, 1.165) is 18.9 Å². The molecular weight excluding hydrogens is 475 g/mol. The van der Waals surface area contributed by atoms with E-state index in [2.05, 4.69) is 15.1 Å². The van der Waals surface area contributed by atoms with Gasteiger partial charge in [0.25, 0.3) is 5.91 Å². The fourth-order valence-corrected chi connectivity index (χ4v) is 3.42. The number of pyridine rings is 1. The molecule has 1 aliphatic carbocycles. The summed E-state index contributed by atoms with van der Waals surface area (Å²) in [6.07, 6.45) is -0.459. The third-order valence-corrected chi connectivity index (χ3v) is 5.26. The maximum atomic E-state index is 13.4. The van der Waals surface area contributed by atoms with Gasteiger partial charge >= 0.3 is 12.1 Å². The second kappa shape index (κ2) is 9.21. The standard InChI is InChI=1S/C25H24F3N5O3/c1-24(2,3)36-23(35)16-8-4-14(5-9-16)18(21(29)34)12-33-13-30-22(32-33)17-10-19(15-6-7-15)31-20(11-17)25(26,27)28/h4-5,8-13,15H,6-7H2,1-3H3,(H2,29,34)/b18-12+. The molecule has 1 aliphatic rings. The Kier molecular flexibility index (Phi) is 6.42. The van der Waals surface area contributed by atoms with Crippen molar-refractivity contribution in [2.75, 3.05) is 0 Å². The SMILES string of the molecule is CC(C)(C)OC(=O)c1ccc(/C(=C\n2cnc(-c3cc(C4CC4)nc(C(F)(F)F)c3)n2)C(N)=O)cc1. The molecule has 0 atom stereocenters. The van der Waals surface area contributed by atoms with Crippen molar-refractivity contribution < 1.29 is 27.5 Å². The van der Waals surface area contributed by atoms with Crippen molar-refractivity contribution in [1.82, 2.24) is 19.7 Å². The number of esters is 1. The van der Waals surface area contributed by atoms with Gasteiger partial charge in [-0.05, 0) is 63.4 Å². The van der Waals surface area contributed by atoms with Gasteiger partial charge in [0.1, 0.15) is 17.6 Å². The predicted octanol–water partition coefficient (Wildman–Crippen LogP) is 4.68. The van der Waals surface area contributed by atoms with Crippen LogP contribution in [0.4, 0.5) is 13.2 Å². The first kappa shape index (κ1) is 25.1. The van der Waals surface area contributed by atoms with Crippen LogP contribution in [0.5, 0.6) is 0 Å². The number of hydrogen-bond donors (Lipinski definition) is 1. The Bertz CT molecular complexity index is 1330. The summed E-state index contributed by atoms with van der Waals surface area (Å²) in [6.45, 7) is 5.26. The molecule has 8 nitrogen and oxygen atoms in total. The van der Waals surface area contributed by atoms with E-state index in [9.17, 15) is 22.8 Å². The Morgan fingerprint density at radius 2 is 1.72 bits per heavy atom. The summed E-state index contributed by atoms with van der Waals surface area (Å²) in [6, 6.07) is 8.53. The number of nitrogens with two attached hydrogens (primary N) is 1. The minimum absolute atomic E-state index is 0.00172. The van der Waals surface area contributed by atoms with Crippen LogP contribution < -0.4 is 5.73 Å². The van der Waals surface area contributed by atoms with Gasteiger partial charge in [-0.1, -0.05) is 12.1 Å². The van der Waals surface area contributed by atoms with Gasteiger partial charge in [0.05, 0.1) is 11.1 Å². The van der Waals surface area contributed by atoms with Crippen molar-refractivity contribution in [1.29, 1.82) is 0 Å². The van der Waals surface area contributed by atoms with Crippen molar-refractivity contribution in [3.05, 3.63) is 65.2 Å². The molecule has 2 heterocycles. The van der Waals surface area contributed by atoms with E-state index in [1.54, 1.807) is 26.8 Å². The van der Waals surface area contributed by atoms with Gasteiger partial charge in [-0.3, -0.25) is 4.79 Å². The first-order valence-electron chi connectivity index (χ1n) is 11.2. The molecule has 36 heavy (non-hydrogen) atoms. The monoisotopic (exact) mass is 499 g/mol. The summed E-state index contributed by atoms with van der Waals surface area (Å²) < 4.78 is 46.6. The molecule has 0 unspecified atom stereocenters. The number of carbonyl (C=O) groups is 2. The van der Waals surface area contributed by atoms with Crippen LogP contribution in [-0.4, -0.2) is 37.2 Å². The minimum Gasteiger partial charge on any atom is -0.456 e. The van der Waals surface area contributed by atoms with Gasteiger partial charge < -0.3 is 10.5 Å². The average molecular weight is 499 g/mol. The van der Waals surface area contributed by atoms with Gasteiger partial charge in [0.15, 0.2) is 5.82 Å². The third-order valence-electron chi connectivity index (χ3n) is 5.26. The molecule has 0 spiro atoms. The number of primary amides is 1. The van der Waals surface area contributed by atoms with Crippen LogP contribution >= 0.6 is 0 Å². The highest BCUT2D eigenvalue weighted by Crippen LogP contribution is 2.41. The number of benzene rings is 1. The highest BCUT2D eigenvalue weighted by molar-refractivity contribution is 6.22. The molecule has 2 N–H and O–H groups in total. The number of ether oxygens (including phenoxy) is 1. The van der Waals surface area contributed by atoms with E-state index >= 15 is 0 Å². The van der Waals surface area contributed by atoms with E-state index in [4.69, 9.17) is 10.5 Å². The van der Waals surface area contributed by atoms with Gasteiger partial charge in [-0.2, -0.15) is 13.2 Å². The van der Waals surface area contributed by atoms with E-state index in [-0.39, 0.29) is 22.9 Å². The number of halogens is 3. The van der Waals surface area contributed by atoms with E-state index in [1.165, 1.54) is 41.5 Å². The summed E-state index contributed by atoms with van der Waals surface area (Å²) in [5, 5.41) is 4.21. The summed E-state index contributed by atoms with van der Waals surface area (Å²) in [5.74, 6) is -1.24. The molecule has 3 aromatic rings. The predicted molar refractivity (Wildman–Crippen MR) is 125 cm³/mol. The minimum atomic E-state index is -4.60. The second-order valence-corrected chi connectivity index (χ2v) is 9.47. The quantitative estimate of drug-likeness (QED) is 0.389. The zero-order valence-corrected chi connectivity index (χ0v) is 19.8. The van der Waals surface area contributed by atoms with Crippen molar-refractivity contribution in [3.8, 4) is 11.4 Å². The normalized spacial score (nSPS) is 14.6. The average Bonchev–Trinajstić information content (AvgIpc) is 3.53. The second-order valence-electron chi connectivity index (χ2n) is 9.47. The lowest BCUT2D eigenvalue weighted by Gasteiger charge is -2.19. The maximum absolute atomic E-state index is 13.4. The molecule has 0 radical (unpaired) electrons. The van der Waals surface area contributed by atoms with Crippen LogP contribution in [-0.2, 0) is 15.7 Å². The van der Waals surface area contributed by atoms with Gasteiger partial charge in [0, 0.05) is 23.4 Å². The molecule has 4 rings (SSSR count). The zero-order chi connectivity index (χ0) is 26.3. The fourth-order valence-electron chi connectivity index (χ4n) is 3.42. The molecule has 0 aliphatic heterocycles. The lowest BCUT2D eigenvalue weighted by atomic mass is 10.0.